The zero-order valence-corrected chi connectivity index (χ0v) is 21.5. The van der Waals surface area contributed by atoms with Gasteiger partial charge in [-0.3, -0.25) is 0 Å². The number of fused-ring (bicyclic) bond motifs is 3. The van der Waals surface area contributed by atoms with Gasteiger partial charge in [0, 0.05) is 27.0 Å². The summed E-state index contributed by atoms with van der Waals surface area (Å²) < 4.78 is 7.90. The van der Waals surface area contributed by atoms with Crippen LogP contribution < -0.4 is 0 Å². The first-order valence-electron chi connectivity index (χ1n) is 11.7. The summed E-state index contributed by atoms with van der Waals surface area (Å²) in [6.07, 6.45) is 3.88. The molecule has 1 aliphatic heterocycles. The van der Waals surface area contributed by atoms with Gasteiger partial charge in [-0.25, -0.2) is 0 Å². The highest BCUT2D eigenvalue weighted by Crippen LogP contribution is 2.51. The Balaban J connectivity index is 2.66. The Kier molecular flexibility index (Phi) is 6.63. The van der Waals surface area contributed by atoms with E-state index < -0.39 is 11.0 Å². The second-order valence-electron chi connectivity index (χ2n) is 10.7. The summed E-state index contributed by atoms with van der Waals surface area (Å²) in [6.45, 7) is 26.3. The zero-order chi connectivity index (χ0) is 24.8. The van der Waals surface area contributed by atoms with E-state index in [-0.39, 0.29) is 17.9 Å². The molecule has 3 rings (SSSR count). The van der Waals surface area contributed by atoms with Gasteiger partial charge in [0.25, 0.3) is 0 Å². The van der Waals surface area contributed by atoms with Crippen LogP contribution in [0.15, 0.2) is 67.9 Å². The number of aliphatic hydroxyl groups is 1. The lowest BCUT2D eigenvalue weighted by atomic mass is 9.57. The van der Waals surface area contributed by atoms with Gasteiger partial charge < -0.3 is 9.84 Å². The summed E-state index contributed by atoms with van der Waals surface area (Å²) in [7, 11) is 1.71. The van der Waals surface area contributed by atoms with Crippen molar-refractivity contribution in [3.63, 3.8) is 0 Å². The van der Waals surface area contributed by atoms with E-state index in [0.717, 1.165) is 22.5 Å². The zero-order valence-electron chi connectivity index (χ0n) is 21.5. The third-order valence-corrected chi connectivity index (χ3v) is 7.75. The predicted octanol–water partition coefficient (Wildman–Crippen LogP) is 6.13. The van der Waals surface area contributed by atoms with Gasteiger partial charge in [0.2, 0.25) is 5.71 Å². The lowest BCUT2D eigenvalue weighted by Crippen LogP contribution is -2.65. The molecule has 3 heteroatoms. The number of rotatable bonds is 7. The standard InChI is InChI=1S/C30H40NO2/c1-11-21(18-33-10)30(9)29(8,19-32)27-23-16-14-13-15-22(23)25(28(5,6)7)17-24(27)26(12-2)31(30)20(3)4/h11-17,21,32H,1-3,18-19H2,4-10H3/q+1. The van der Waals surface area contributed by atoms with E-state index in [1.165, 1.54) is 16.3 Å². The molecule has 2 aromatic rings. The predicted molar refractivity (Wildman–Crippen MR) is 140 cm³/mol. The SMILES string of the molecule is C=CC1=[N+](C(=C)C)C(C)(C(C=C)COC)C(C)(CO)c2c1cc(C(C)(C)C)c1ccccc21. The second-order valence-corrected chi connectivity index (χ2v) is 10.7. The molecule has 0 saturated carbocycles. The van der Waals surface area contributed by atoms with Crippen molar-refractivity contribution in [1.82, 2.24) is 0 Å². The fourth-order valence-corrected chi connectivity index (χ4v) is 5.92. The van der Waals surface area contributed by atoms with E-state index in [9.17, 15) is 5.11 Å². The summed E-state index contributed by atoms with van der Waals surface area (Å²) in [5.74, 6) is -0.0690. The molecule has 0 aromatic heterocycles. The Hall–Kier alpha value is -2.49. The minimum atomic E-state index is -0.638. The van der Waals surface area contributed by atoms with Crippen molar-refractivity contribution in [1.29, 1.82) is 0 Å². The van der Waals surface area contributed by atoms with Crippen LogP contribution in [0.5, 0.6) is 0 Å². The van der Waals surface area contributed by atoms with Crippen LogP contribution in [-0.4, -0.2) is 41.3 Å². The fourth-order valence-electron chi connectivity index (χ4n) is 5.92. The van der Waals surface area contributed by atoms with E-state index in [1.807, 2.05) is 19.1 Å². The molecule has 33 heavy (non-hydrogen) atoms. The highest BCUT2D eigenvalue weighted by atomic mass is 16.5. The molecular formula is C30H40NO2+. The molecule has 0 radical (unpaired) electrons. The van der Waals surface area contributed by atoms with Crippen molar-refractivity contribution >= 4 is 16.5 Å². The summed E-state index contributed by atoms with van der Waals surface area (Å²) in [5, 5.41) is 13.5. The molecule has 0 fully saturated rings. The van der Waals surface area contributed by atoms with E-state index in [1.54, 1.807) is 7.11 Å². The Labute approximate surface area is 199 Å². The van der Waals surface area contributed by atoms with Crippen molar-refractivity contribution < 1.29 is 14.4 Å². The van der Waals surface area contributed by atoms with E-state index in [4.69, 9.17) is 4.74 Å². The number of aliphatic hydroxyl groups excluding tert-OH is 1. The first kappa shape index (κ1) is 25.1. The van der Waals surface area contributed by atoms with Crippen LogP contribution in [0.25, 0.3) is 10.8 Å². The van der Waals surface area contributed by atoms with Gasteiger partial charge >= 0.3 is 0 Å². The lowest BCUT2D eigenvalue weighted by molar-refractivity contribution is -0.586. The number of allylic oxidation sites excluding steroid dienone is 2. The van der Waals surface area contributed by atoms with Crippen molar-refractivity contribution in [2.45, 2.75) is 57.9 Å². The number of methoxy groups -OCH3 is 1. The molecule has 1 heterocycles. The quantitative estimate of drug-likeness (QED) is 0.410. The largest absolute Gasteiger partial charge is 0.395 e. The number of ether oxygens (including phenoxy) is 1. The van der Waals surface area contributed by atoms with Gasteiger partial charge in [0.15, 0.2) is 11.2 Å². The fraction of sp³-hybridized carbons (Fsp3) is 0.433. The van der Waals surface area contributed by atoms with E-state index in [2.05, 4.69) is 89.3 Å². The van der Waals surface area contributed by atoms with Crippen molar-refractivity contribution in [2.75, 3.05) is 20.3 Å². The molecule has 2 aromatic carbocycles. The molecular weight excluding hydrogens is 406 g/mol. The molecule has 176 valence electrons. The molecule has 0 spiro atoms. The summed E-state index contributed by atoms with van der Waals surface area (Å²) in [5.41, 5.74) is 4.15. The monoisotopic (exact) mass is 446 g/mol. The number of hydrogen-bond donors (Lipinski definition) is 1. The van der Waals surface area contributed by atoms with Crippen molar-refractivity contribution in [3.05, 3.63) is 84.6 Å². The molecule has 0 saturated heterocycles. The van der Waals surface area contributed by atoms with Crippen molar-refractivity contribution in [3.8, 4) is 0 Å². The highest BCUT2D eigenvalue weighted by molar-refractivity contribution is 6.11. The minimum absolute atomic E-state index is 0.0301. The first-order chi connectivity index (χ1) is 15.4. The van der Waals surface area contributed by atoms with E-state index >= 15 is 0 Å². The van der Waals surface area contributed by atoms with Crippen molar-refractivity contribution in [2.24, 2.45) is 5.92 Å². The molecule has 1 N–H and O–H groups in total. The molecule has 0 amide bonds. The van der Waals surface area contributed by atoms with Gasteiger partial charge in [0.1, 0.15) is 0 Å². The summed E-state index contributed by atoms with van der Waals surface area (Å²) >= 11 is 0. The first-order valence-corrected chi connectivity index (χ1v) is 11.7. The summed E-state index contributed by atoms with van der Waals surface area (Å²) in [4.78, 5) is 0. The van der Waals surface area contributed by atoms with Gasteiger partial charge in [-0.15, -0.1) is 6.58 Å². The normalized spacial score (nSPS) is 23.9. The molecule has 3 nitrogen and oxygen atoms in total. The number of hydrogen-bond acceptors (Lipinski definition) is 2. The van der Waals surface area contributed by atoms with Crippen LogP contribution in [-0.2, 0) is 15.6 Å². The maximum atomic E-state index is 11.1. The Morgan fingerprint density at radius 2 is 1.79 bits per heavy atom. The molecule has 1 aliphatic rings. The van der Waals surface area contributed by atoms with Gasteiger partial charge in [0.05, 0.1) is 30.1 Å². The molecule has 3 unspecified atom stereocenters. The maximum absolute atomic E-state index is 11.1. The molecule has 3 atom stereocenters. The van der Waals surface area contributed by atoms with Crippen LogP contribution in [0, 0.1) is 5.92 Å². The lowest BCUT2D eigenvalue weighted by Gasteiger charge is -2.50. The Bertz CT molecular complexity index is 1150. The topological polar surface area (TPSA) is 32.5 Å². The number of benzene rings is 2. The average molecular weight is 447 g/mol. The third kappa shape index (κ3) is 3.53. The van der Waals surface area contributed by atoms with Gasteiger partial charge in [-0.1, -0.05) is 57.7 Å². The average Bonchev–Trinajstić information content (AvgIpc) is 2.77. The van der Waals surface area contributed by atoms with E-state index in [0.29, 0.717) is 6.61 Å². The molecule has 0 bridgehead atoms. The second kappa shape index (κ2) is 8.70. The van der Waals surface area contributed by atoms with Gasteiger partial charge in [-0.05, 0) is 46.9 Å². The Morgan fingerprint density at radius 1 is 1.18 bits per heavy atom. The van der Waals surface area contributed by atoms with Crippen LogP contribution >= 0.6 is 0 Å². The van der Waals surface area contributed by atoms with Gasteiger partial charge in [-0.2, -0.15) is 4.58 Å². The minimum Gasteiger partial charge on any atom is -0.395 e. The maximum Gasteiger partial charge on any atom is 0.212 e. The molecule has 0 aliphatic carbocycles. The van der Waals surface area contributed by atoms with Crippen LogP contribution in [0.2, 0.25) is 0 Å². The Morgan fingerprint density at radius 3 is 2.24 bits per heavy atom. The third-order valence-electron chi connectivity index (χ3n) is 7.75. The summed E-state index contributed by atoms with van der Waals surface area (Å²) in [6, 6.07) is 10.9. The highest BCUT2D eigenvalue weighted by Gasteiger charge is 2.63. The van der Waals surface area contributed by atoms with Crippen LogP contribution in [0.3, 0.4) is 0 Å². The smallest absolute Gasteiger partial charge is 0.212 e. The number of nitrogens with zero attached hydrogens (tertiary/aromatic N) is 1. The van der Waals surface area contributed by atoms with Crippen LogP contribution in [0.4, 0.5) is 0 Å². The van der Waals surface area contributed by atoms with Crippen LogP contribution in [0.1, 0.15) is 58.2 Å².